The predicted octanol–water partition coefficient (Wildman–Crippen LogP) is 6.27. The lowest BCUT2D eigenvalue weighted by Crippen LogP contribution is -2.06. The summed E-state index contributed by atoms with van der Waals surface area (Å²) in [4.78, 5) is 18.5. The molecule has 0 aliphatic rings. The minimum atomic E-state index is -0.803. The van der Waals surface area contributed by atoms with Crippen LogP contribution in [0, 0.1) is 11.6 Å². The number of hydrogen-bond donors (Lipinski definition) is 2. The molecule has 5 aromatic rings. The average molecular weight is 521 g/mol. The molecule has 188 valence electrons. The van der Waals surface area contributed by atoms with Crippen LogP contribution in [0.25, 0.3) is 22.3 Å². The molecule has 0 amide bonds. The Morgan fingerprint density at radius 3 is 2.78 bits per heavy atom. The average Bonchev–Trinajstić information content (AvgIpc) is 3.56. The Morgan fingerprint density at radius 1 is 1.05 bits per heavy atom. The van der Waals surface area contributed by atoms with Crippen molar-refractivity contribution in [3.8, 4) is 22.9 Å². The summed E-state index contributed by atoms with van der Waals surface area (Å²) in [7, 11) is 0. The molecule has 2 heterocycles. The minimum absolute atomic E-state index is 0.245. The van der Waals surface area contributed by atoms with Gasteiger partial charge in [0, 0.05) is 34.5 Å². The van der Waals surface area contributed by atoms with E-state index in [2.05, 4.69) is 20.2 Å². The van der Waals surface area contributed by atoms with Crippen molar-refractivity contribution >= 4 is 28.6 Å². The summed E-state index contributed by atoms with van der Waals surface area (Å²) >= 11 is 1.41. The van der Waals surface area contributed by atoms with Gasteiger partial charge in [0.1, 0.15) is 11.6 Å². The van der Waals surface area contributed by atoms with Crippen molar-refractivity contribution < 1.29 is 23.0 Å². The second-order valence-electron chi connectivity index (χ2n) is 8.11. The van der Waals surface area contributed by atoms with E-state index in [1.54, 1.807) is 31.2 Å². The number of esters is 1. The van der Waals surface area contributed by atoms with Crippen LogP contribution in [0.5, 0.6) is 11.5 Å². The highest BCUT2D eigenvalue weighted by Crippen LogP contribution is 2.34. The molecule has 37 heavy (non-hydrogen) atoms. The molecule has 2 N–H and O–H groups in total. The number of carbonyl (C=O) groups excluding carboxylic acids is 1. The van der Waals surface area contributed by atoms with Crippen LogP contribution in [0.4, 0.5) is 8.78 Å². The fraction of sp³-hybridized carbons (Fsp3) is 0.148. The maximum atomic E-state index is 14.8. The first kappa shape index (κ1) is 24.5. The summed E-state index contributed by atoms with van der Waals surface area (Å²) in [5.41, 5.74) is 2.01. The van der Waals surface area contributed by atoms with Crippen molar-refractivity contribution in [3.63, 3.8) is 0 Å². The van der Waals surface area contributed by atoms with E-state index in [1.165, 1.54) is 30.1 Å². The van der Waals surface area contributed by atoms with E-state index in [0.29, 0.717) is 35.8 Å². The van der Waals surface area contributed by atoms with E-state index in [4.69, 9.17) is 9.47 Å². The fourth-order valence-electron chi connectivity index (χ4n) is 3.82. The minimum Gasteiger partial charge on any atom is -0.465 e. The summed E-state index contributed by atoms with van der Waals surface area (Å²) in [5, 5.41) is 8.70. The number of halogens is 2. The van der Waals surface area contributed by atoms with Gasteiger partial charge in [-0.05, 0) is 42.8 Å². The Balaban J connectivity index is 1.29. The van der Waals surface area contributed by atoms with E-state index in [-0.39, 0.29) is 22.9 Å². The Bertz CT molecular complexity index is 1570. The number of hydrogen-bond acceptors (Lipinski definition) is 6. The van der Waals surface area contributed by atoms with Gasteiger partial charge in [0.05, 0.1) is 17.9 Å². The van der Waals surface area contributed by atoms with Gasteiger partial charge in [-0.15, -0.1) is 22.0 Å². The number of benzene rings is 3. The first-order valence-corrected chi connectivity index (χ1v) is 12.5. The molecule has 3 aromatic carbocycles. The number of aromatic nitrogens is 4. The van der Waals surface area contributed by atoms with Gasteiger partial charge in [0.2, 0.25) is 0 Å². The van der Waals surface area contributed by atoms with Crippen LogP contribution >= 0.6 is 11.8 Å². The van der Waals surface area contributed by atoms with Gasteiger partial charge in [0.15, 0.2) is 23.2 Å². The highest BCUT2D eigenvalue weighted by Gasteiger charge is 2.17. The van der Waals surface area contributed by atoms with Crippen LogP contribution in [-0.2, 0) is 16.0 Å². The van der Waals surface area contributed by atoms with Crippen molar-refractivity contribution in [2.75, 3.05) is 12.4 Å². The van der Waals surface area contributed by atoms with Crippen molar-refractivity contribution in [2.24, 2.45) is 0 Å². The van der Waals surface area contributed by atoms with Gasteiger partial charge in [-0.1, -0.05) is 24.3 Å². The van der Waals surface area contributed by atoms with Crippen molar-refractivity contribution in [3.05, 3.63) is 89.9 Å². The number of nitrogens with one attached hydrogen (secondary N) is 2. The summed E-state index contributed by atoms with van der Waals surface area (Å²) in [6, 6.07) is 17.3. The van der Waals surface area contributed by atoms with Gasteiger partial charge >= 0.3 is 5.97 Å². The first-order chi connectivity index (χ1) is 18.0. The van der Waals surface area contributed by atoms with Gasteiger partial charge < -0.3 is 19.4 Å². The quantitative estimate of drug-likeness (QED) is 0.176. The first-order valence-electron chi connectivity index (χ1n) is 11.5. The normalized spacial score (nSPS) is 11.1. The standard InChI is InChI=1S/C27H22F2N4O3S/c1-2-35-24(34)15-37-19-8-3-5-16(11-19)12-23-31-27(33-32-23)17-6-4-7-18(13-17)36-26-21(28)14-22-20(25(26)29)9-10-30-22/h3-11,13-14,30H,2,12,15H2,1H3,(H,31,32,33). The number of thioether (sulfide) groups is 1. The molecule has 0 saturated carbocycles. The van der Waals surface area contributed by atoms with Crippen LogP contribution in [0.2, 0.25) is 0 Å². The lowest BCUT2D eigenvalue weighted by molar-refractivity contribution is -0.139. The largest absolute Gasteiger partial charge is 0.465 e. The number of rotatable bonds is 9. The molecule has 0 saturated heterocycles. The molecular formula is C27H22F2N4O3S. The number of H-pyrrole nitrogens is 2. The molecule has 2 aromatic heterocycles. The Kier molecular flexibility index (Phi) is 7.18. The second-order valence-corrected chi connectivity index (χ2v) is 9.16. The maximum absolute atomic E-state index is 14.8. The molecular weight excluding hydrogens is 498 g/mol. The third-order valence-electron chi connectivity index (χ3n) is 5.50. The molecule has 0 spiro atoms. The van der Waals surface area contributed by atoms with Crippen molar-refractivity contribution in [2.45, 2.75) is 18.2 Å². The van der Waals surface area contributed by atoms with Gasteiger partial charge in [0.25, 0.3) is 0 Å². The van der Waals surface area contributed by atoms with Crippen molar-refractivity contribution in [1.82, 2.24) is 20.2 Å². The van der Waals surface area contributed by atoms with Gasteiger partial charge in [-0.3, -0.25) is 4.79 Å². The SMILES string of the molecule is CCOC(=O)CSc1cccc(Cc2nnc(-c3cccc(Oc4c(F)cc5[nH]ccc5c4F)c3)[nH]2)c1. The zero-order valence-corrected chi connectivity index (χ0v) is 20.6. The van der Waals surface area contributed by atoms with Crippen LogP contribution in [-0.4, -0.2) is 38.5 Å². The molecule has 0 atom stereocenters. The number of aromatic amines is 2. The zero-order chi connectivity index (χ0) is 25.8. The van der Waals surface area contributed by atoms with E-state index < -0.39 is 17.4 Å². The van der Waals surface area contributed by atoms with Crippen LogP contribution in [0.1, 0.15) is 18.3 Å². The summed E-state index contributed by atoms with van der Waals surface area (Å²) in [6.07, 6.45) is 2.04. The lowest BCUT2D eigenvalue weighted by Gasteiger charge is -2.09. The third kappa shape index (κ3) is 5.64. The van der Waals surface area contributed by atoms with Crippen LogP contribution in [0.3, 0.4) is 0 Å². The molecule has 0 aliphatic heterocycles. The van der Waals surface area contributed by atoms with E-state index >= 15 is 0 Å². The third-order valence-corrected chi connectivity index (χ3v) is 6.46. The molecule has 10 heteroatoms. The molecule has 0 fully saturated rings. The van der Waals surface area contributed by atoms with Gasteiger partial charge in [-0.25, -0.2) is 8.78 Å². The summed E-state index contributed by atoms with van der Waals surface area (Å²) < 4.78 is 39.8. The number of fused-ring (bicyclic) bond motifs is 1. The number of carbonyl (C=O) groups is 1. The van der Waals surface area contributed by atoms with Crippen LogP contribution in [0.15, 0.2) is 71.8 Å². The fourth-order valence-corrected chi connectivity index (χ4v) is 4.60. The van der Waals surface area contributed by atoms with Crippen LogP contribution < -0.4 is 4.74 Å². The molecule has 5 rings (SSSR count). The Hall–Kier alpha value is -4.18. The molecule has 0 radical (unpaired) electrons. The monoisotopic (exact) mass is 520 g/mol. The highest BCUT2D eigenvalue weighted by molar-refractivity contribution is 8.00. The molecule has 0 bridgehead atoms. The molecule has 7 nitrogen and oxygen atoms in total. The Labute approximate surface area is 215 Å². The molecule has 0 aliphatic carbocycles. The Morgan fingerprint density at radius 2 is 1.92 bits per heavy atom. The molecule has 0 unspecified atom stereocenters. The topological polar surface area (TPSA) is 92.9 Å². The summed E-state index contributed by atoms with van der Waals surface area (Å²) in [6.45, 7) is 2.14. The lowest BCUT2D eigenvalue weighted by atomic mass is 10.1. The maximum Gasteiger partial charge on any atom is 0.316 e. The summed E-state index contributed by atoms with van der Waals surface area (Å²) in [5.74, 6) is -0.653. The van der Waals surface area contributed by atoms with Gasteiger partial charge in [-0.2, -0.15) is 0 Å². The zero-order valence-electron chi connectivity index (χ0n) is 19.8. The van der Waals surface area contributed by atoms with E-state index in [0.717, 1.165) is 10.5 Å². The number of nitrogens with zero attached hydrogens (tertiary/aromatic N) is 2. The predicted molar refractivity (Wildman–Crippen MR) is 137 cm³/mol. The highest BCUT2D eigenvalue weighted by atomic mass is 32.2. The number of ether oxygens (including phenoxy) is 2. The van der Waals surface area contributed by atoms with Crippen molar-refractivity contribution in [1.29, 1.82) is 0 Å². The smallest absolute Gasteiger partial charge is 0.316 e. The van der Waals surface area contributed by atoms with E-state index in [1.807, 2.05) is 24.3 Å². The second kappa shape index (κ2) is 10.8. The van der Waals surface area contributed by atoms with E-state index in [9.17, 15) is 13.6 Å².